The van der Waals surface area contributed by atoms with E-state index >= 15 is 0 Å². The normalized spacial score (nSPS) is 11.6. The molecular formula is C18H30. The van der Waals surface area contributed by atoms with E-state index in [0.29, 0.717) is 11.8 Å². The van der Waals surface area contributed by atoms with Gasteiger partial charge in [-0.25, -0.2) is 0 Å². The molecule has 0 nitrogen and oxygen atoms in total. The van der Waals surface area contributed by atoms with Gasteiger partial charge in [-0.05, 0) is 58.9 Å². The second-order valence-electron chi connectivity index (χ2n) is 5.87. The minimum absolute atomic E-state index is 0.637. The summed E-state index contributed by atoms with van der Waals surface area (Å²) in [5, 5.41) is 0. The summed E-state index contributed by atoms with van der Waals surface area (Å²) >= 11 is 0. The van der Waals surface area contributed by atoms with Crippen molar-refractivity contribution in [2.45, 2.75) is 79.6 Å². The maximum absolute atomic E-state index is 2.48. The Morgan fingerprint density at radius 1 is 0.722 bits per heavy atom. The molecule has 0 atom stereocenters. The SMILES string of the molecule is CCc1cc(CC)c(C(C)C)c(CC)c1C(C)C. The van der Waals surface area contributed by atoms with Gasteiger partial charge in [0.2, 0.25) is 0 Å². The average Bonchev–Trinajstić information content (AvgIpc) is 2.35. The first-order valence-electron chi connectivity index (χ1n) is 7.65. The van der Waals surface area contributed by atoms with Gasteiger partial charge in [-0.3, -0.25) is 0 Å². The van der Waals surface area contributed by atoms with Gasteiger partial charge < -0.3 is 0 Å². The zero-order valence-electron chi connectivity index (χ0n) is 13.4. The molecule has 0 aliphatic heterocycles. The predicted octanol–water partition coefficient (Wildman–Crippen LogP) is 5.62. The molecule has 0 unspecified atom stereocenters. The van der Waals surface area contributed by atoms with Gasteiger partial charge in [0.25, 0.3) is 0 Å². The van der Waals surface area contributed by atoms with Crippen molar-refractivity contribution < 1.29 is 0 Å². The third-order valence-electron chi connectivity index (χ3n) is 3.96. The molecule has 0 heterocycles. The molecule has 0 saturated heterocycles. The molecule has 0 aromatic heterocycles. The van der Waals surface area contributed by atoms with Crippen LogP contribution < -0.4 is 0 Å². The van der Waals surface area contributed by atoms with Crippen molar-refractivity contribution in [1.29, 1.82) is 0 Å². The first-order chi connectivity index (χ1) is 8.47. The summed E-state index contributed by atoms with van der Waals surface area (Å²) in [7, 11) is 0. The fraction of sp³-hybridized carbons (Fsp3) is 0.667. The lowest BCUT2D eigenvalue weighted by Crippen LogP contribution is -2.10. The Labute approximate surface area is 114 Å². The number of hydrogen-bond donors (Lipinski definition) is 0. The van der Waals surface area contributed by atoms with Crippen LogP contribution >= 0.6 is 0 Å². The van der Waals surface area contributed by atoms with Gasteiger partial charge in [0.15, 0.2) is 0 Å². The largest absolute Gasteiger partial charge is 0.0613 e. The summed E-state index contributed by atoms with van der Waals surface area (Å²) < 4.78 is 0. The fourth-order valence-corrected chi connectivity index (χ4v) is 3.30. The smallest absolute Gasteiger partial charge is 0.0213 e. The maximum Gasteiger partial charge on any atom is -0.0213 e. The van der Waals surface area contributed by atoms with E-state index in [1.165, 1.54) is 6.42 Å². The van der Waals surface area contributed by atoms with Crippen LogP contribution in [0.5, 0.6) is 0 Å². The number of hydrogen-bond acceptors (Lipinski definition) is 0. The van der Waals surface area contributed by atoms with Crippen LogP contribution in [0, 0.1) is 0 Å². The molecule has 0 aliphatic carbocycles. The van der Waals surface area contributed by atoms with Crippen molar-refractivity contribution in [2.24, 2.45) is 0 Å². The average molecular weight is 246 g/mol. The molecule has 0 N–H and O–H groups in total. The van der Waals surface area contributed by atoms with Crippen LogP contribution in [0.3, 0.4) is 0 Å². The molecule has 18 heavy (non-hydrogen) atoms. The lowest BCUT2D eigenvalue weighted by Gasteiger charge is -2.25. The predicted molar refractivity (Wildman–Crippen MR) is 82.8 cm³/mol. The van der Waals surface area contributed by atoms with Gasteiger partial charge in [0.1, 0.15) is 0 Å². The summed E-state index contributed by atoms with van der Waals surface area (Å²) in [6.45, 7) is 16.2. The van der Waals surface area contributed by atoms with E-state index in [0.717, 1.165) is 12.8 Å². The lowest BCUT2D eigenvalue weighted by atomic mass is 9.80. The van der Waals surface area contributed by atoms with Crippen LogP contribution in [0.4, 0.5) is 0 Å². The van der Waals surface area contributed by atoms with Gasteiger partial charge in [-0.1, -0.05) is 54.5 Å². The third-order valence-corrected chi connectivity index (χ3v) is 3.96. The van der Waals surface area contributed by atoms with E-state index in [1.54, 1.807) is 27.8 Å². The zero-order valence-corrected chi connectivity index (χ0v) is 13.4. The molecule has 0 amide bonds. The Kier molecular flexibility index (Phi) is 5.44. The minimum Gasteiger partial charge on any atom is -0.0613 e. The molecule has 0 aliphatic rings. The summed E-state index contributed by atoms with van der Waals surface area (Å²) in [4.78, 5) is 0. The van der Waals surface area contributed by atoms with Gasteiger partial charge in [-0.2, -0.15) is 0 Å². The highest BCUT2D eigenvalue weighted by atomic mass is 14.2. The quantitative estimate of drug-likeness (QED) is 0.632. The molecule has 0 fully saturated rings. The Morgan fingerprint density at radius 3 is 1.33 bits per heavy atom. The van der Waals surface area contributed by atoms with Gasteiger partial charge in [0.05, 0.1) is 0 Å². The van der Waals surface area contributed by atoms with Crippen molar-refractivity contribution in [3.63, 3.8) is 0 Å². The maximum atomic E-state index is 2.48. The summed E-state index contributed by atoms with van der Waals surface area (Å²) in [6, 6.07) is 2.48. The molecule has 0 heteroatoms. The van der Waals surface area contributed by atoms with Crippen LogP contribution in [0.25, 0.3) is 0 Å². The van der Waals surface area contributed by atoms with Gasteiger partial charge in [0, 0.05) is 0 Å². The lowest BCUT2D eigenvalue weighted by molar-refractivity contribution is 0.773. The van der Waals surface area contributed by atoms with E-state index in [1.807, 2.05) is 0 Å². The second-order valence-corrected chi connectivity index (χ2v) is 5.87. The van der Waals surface area contributed by atoms with Crippen molar-refractivity contribution in [2.75, 3.05) is 0 Å². The van der Waals surface area contributed by atoms with Crippen LogP contribution in [0.2, 0.25) is 0 Å². The molecule has 1 aromatic rings. The van der Waals surface area contributed by atoms with Crippen LogP contribution in [0.1, 0.15) is 88.1 Å². The standard InChI is InChI=1S/C18H30/c1-8-14-11-15(9-2)18(13(6)7)16(10-3)17(14)12(4)5/h11-13H,8-10H2,1-7H3. The molecule has 102 valence electrons. The van der Waals surface area contributed by atoms with Crippen molar-refractivity contribution in [1.82, 2.24) is 0 Å². The molecule has 0 spiro atoms. The van der Waals surface area contributed by atoms with E-state index in [2.05, 4.69) is 54.5 Å². The van der Waals surface area contributed by atoms with Crippen LogP contribution in [-0.2, 0) is 19.3 Å². The molecule has 0 bridgehead atoms. The first-order valence-corrected chi connectivity index (χ1v) is 7.65. The summed E-state index contributed by atoms with van der Waals surface area (Å²) in [5.74, 6) is 1.27. The summed E-state index contributed by atoms with van der Waals surface area (Å²) in [5.41, 5.74) is 8.03. The van der Waals surface area contributed by atoms with Crippen LogP contribution in [0.15, 0.2) is 6.07 Å². The Balaban J connectivity index is 3.64. The fourth-order valence-electron chi connectivity index (χ4n) is 3.30. The zero-order chi connectivity index (χ0) is 13.9. The van der Waals surface area contributed by atoms with E-state index in [4.69, 9.17) is 0 Å². The van der Waals surface area contributed by atoms with Crippen LogP contribution in [-0.4, -0.2) is 0 Å². The number of aryl methyl sites for hydroxylation is 2. The molecular weight excluding hydrogens is 216 g/mol. The van der Waals surface area contributed by atoms with Gasteiger partial charge >= 0.3 is 0 Å². The second kappa shape index (κ2) is 6.41. The third kappa shape index (κ3) is 2.79. The minimum atomic E-state index is 0.637. The molecule has 1 rings (SSSR count). The Bertz CT molecular complexity index is 363. The molecule has 1 aromatic carbocycles. The van der Waals surface area contributed by atoms with E-state index < -0.39 is 0 Å². The highest BCUT2D eigenvalue weighted by Crippen LogP contribution is 2.34. The highest BCUT2D eigenvalue weighted by molar-refractivity contribution is 5.49. The number of rotatable bonds is 5. The number of benzene rings is 1. The van der Waals surface area contributed by atoms with Crippen molar-refractivity contribution in [3.05, 3.63) is 33.9 Å². The molecule has 0 radical (unpaired) electrons. The summed E-state index contributed by atoms with van der Waals surface area (Å²) in [6.07, 6.45) is 3.49. The van der Waals surface area contributed by atoms with Crippen molar-refractivity contribution in [3.8, 4) is 0 Å². The monoisotopic (exact) mass is 246 g/mol. The van der Waals surface area contributed by atoms with Crippen molar-refractivity contribution >= 4 is 0 Å². The van der Waals surface area contributed by atoms with E-state index in [9.17, 15) is 0 Å². The highest BCUT2D eigenvalue weighted by Gasteiger charge is 2.19. The van der Waals surface area contributed by atoms with E-state index in [-0.39, 0.29) is 0 Å². The Morgan fingerprint density at radius 2 is 1.11 bits per heavy atom. The molecule has 0 saturated carbocycles. The first kappa shape index (κ1) is 15.3. The topological polar surface area (TPSA) is 0 Å². The Hall–Kier alpha value is -0.780. The van der Waals surface area contributed by atoms with Gasteiger partial charge in [-0.15, -0.1) is 0 Å².